The molecular weight excluding hydrogens is 294 g/mol. The maximum Gasteiger partial charge on any atom is 0.322 e. The Balaban J connectivity index is 2.49. The van der Waals surface area contributed by atoms with E-state index in [0.717, 1.165) is 5.56 Å². The molecule has 0 aliphatic carbocycles. The van der Waals surface area contributed by atoms with Crippen LogP contribution in [0.25, 0.3) is 0 Å². The van der Waals surface area contributed by atoms with E-state index in [1.807, 2.05) is 0 Å². The second-order valence-electron chi connectivity index (χ2n) is 4.56. The van der Waals surface area contributed by atoms with Crippen LogP contribution in [0.5, 0.6) is 5.75 Å². The predicted octanol–water partition coefficient (Wildman–Crippen LogP) is 0.543. The maximum absolute atomic E-state index is 11.3. The van der Waals surface area contributed by atoms with Gasteiger partial charge in [0.15, 0.2) is 9.84 Å². The van der Waals surface area contributed by atoms with Crippen LogP contribution in [0.3, 0.4) is 0 Å². The number of rotatable bonds is 8. The smallest absolute Gasteiger partial charge is 0.322 e. The van der Waals surface area contributed by atoms with E-state index in [2.05, 4.69) is 4.74 Å². The Morgan fingerprint density at radius 2 is 1.90 bits per heavy atom. The highest BCUT2D eigenvalue weighted by atomic mass is 32.2. The van der Waals surface area contributed by atoms with Crippen molar-refractivity contribution in [2.45, 2.75) is 19.4 Å². The van der Waals surface area contributed by atoms with Crippen LogP contribution in [-0.2, 0) is 25.8 Å². The van der Waals surface area contributed by atoms with Gasteiger partial charge in [-0.25, -0.2) is 8.42 Å². The fourth-order valence-corrected chi connectivity index (χ4v) is 2.27. The van der Waals surface area contributed by atoms with E-state index in [0.29, 0.717) is 12.2 Å². The topological polar surface area (TPSA) is 95.7 Å². The molecule has 0 saturated carbocycles. The van der Waals surface area contributed by atoms with Crippen molar-refractivity contribution in [3.8, 4) is 5.75 Å². The number of sulfone groups is 1. The molecule has 0 amide bonds. The van der Waals surface area contributed by atoms with E-state index in [1.54, 1.807) is 31.2 Å². The molecule has 0 bridgehead atoms. The zero-order valence-corrected chi connectivity index (χ0v) is 13.1. The van der Waals surface area contributed by atoms with Crippen LogP contribution in [0.2, 0.25) is 0 Å². The maximum atomic E-state index is 11.3. The summed E-state index contributed by atoms with van der Waals surface area (Å²) in [6.07, 6.45) is 0.372. The molecule has 0 aliphatic heterocycles. The lowest BCUT2D eigenvalue weighted by Crippen LogP contribution is -2.33. The molecule has 7 heteroatoms. The number of benzene rings is 1. The molecule has 1 atom stereocenters. The van der Waals surface area contributed by atoms with Gasteiger partial charge in [-0.05, 0) is 24.1 Å². The van der Waals surface area contributed by atoms with Gasteiger partial charge in [-0.3, -0.25) is 4.79 Å². The van der Waals surface area contributed by atoms with Gasteiger partial charge in [0.1, 0.15) is 18.4 Å². The molecule has 0 heterocycles. The van der Waals surface area contributed by atoms with E-state index in [1.165, 1.54) is 7.11 Å². The summed E-state index contributed by atoms with van der Waals surface area (Å²) in [5, 5.41) is 0. The third kappa shape index (κ3) is 6.14. The Kier molecular flexibility index (Phi) is 6.64. The largest absolute Gasteiger partial charge is 0.493 e. The van der Waals surface area contributed by atoms with Crippen molar-refractivity contribution in [3.63, 3.8) is 0 Å². The molecule has 118 valence electrons. The zero-order chi connectivity index (χ0) is 15.9. The molecule has 2 N–H and O–H groups in total. The SMILES string of the molecule is CCS(=O)(=O)CCOc1ccc(CC(N)C(=O)OC)cc1. The van der Waals surface area contributed by atoms with Crippen LogP contribution >= 0.6 is 0 Å². The van der Waals surface area contributed by atoms with E-state index >= 15 is 0 Å². The Hall–Kier alpha value is -1.60. The fourth-order valence-electron chi connectivity index (χ4n) is 1.64. The molecule has 1 aromatic carbocycles. The lowest BCUT2D eigenvalue weighted by molar-refractivity contribution is -0.142. The van der Waals surface area contributed by atoms with Gasteiger partial charge in [0.25, 0.3) is 0 Å². The summed E-state index contributed by atoms with van der Waals surface area (Å²) in [6.45, 7) is 1.73. The number of hydrogen-bond acceptors (Lipinski definition) is 6. The van der Waals surface area contributed by atoms with Gasteiger partial charge in [0.2, 0.25) is 0 Å². The van der Waals surface area contributed by atoms with Crippen molar-refractivity contribution >= 4 is 15.8 Å². The summed E-state index contributed by atoms with van der Waals surface area (Å²) in [6, 6.07) is 6.31. The van der Waals surface area contributed by atoms with Crippen molar-refractivity contribution in [1.29, 1.82) is 0 Å². The number of nitrogens with two attached hydrogens (primary N) is 1. The van der Waals surface area contributed by atoms with Crippen LogP contribution < -0.4 is 10.5 Å². The van der Waals surface area contributed by atoms with E-state index in [-0.39, 0.29) is 18.1 Å². The number of ether oxygens (including phenoxy) is 2. The summed E-state index contributed by atoms with van der Waals surface area (Å²) in [5.41, 5.74) is 6.55. The van der Waals surface area contributed by atoms with Gasteiger partial charge in [0.05, 0.1) is 12.9 Å². The second-order valence-corrected chi connectivity index (χ2v) is 7.04. The molecule has 0 fully saturated rings. The molecule has 21 heavy (non-hydrogen) atoms. The van der Waals surface area contributed by atoms with Gasteiger partial charge in [-0.15, -0.1) is 0 Å². The lowest BCUT2D eigenvalue weighted by Gasteiger charge is -2.10. The standard InChI is InChI=1S/C14H21NO5S/c1-3-21(17,18)9-8-20-12-6-4-11(5-7-12)10-13(15)14(16)19-2/h4-7,13H,3,8-10,15H2,1-2H3. The number of carbonyl (C=O) groups is 1. The third-order valence-electron chi connectivity index (χ3n) is 2.99. The highest BCUT2D eigenvalue weighted by Gasteiger charge is 2.14. The Morgan fingerprint density at radius 1 is 1.29 bits per heavy atom. The van der Waals surface area contributed by atoms with Crippen molar-refractivity contribution in [2.75, 3.05) is 25.2 Å². The average molecular weight is 315 g/mol. The number of hydrogen-bond donors (Lipinski definition) is 1. The first kappa shape index (κ1) is 17.5. The third-order valence-corrected chi connectivity index (χ3v) is 4.65. The van der Waals surface area contributed by atoms with Gasteiger partial charge < -0.3 is 15.2 Å². The zero-order valence-electron chi connectivity index (χ0n) is 12.2. The Bertz CT molecular complexity index is 553. The monoisotopic (exact) mass is 315 g/mol. The summed E-state index contributed by atoms with van der Waals surface area (Å²) in [7, 11) is -1.72. The first-order chi connectivity index (χ1) is 9.88. The van der Waals surface area contributed by atoms with Crippen LogP contribution in [0, 0.1) is 0 Å². The van der Waals surface area contributed by atoms with Crippen molar-refractivity contribution in [1.82, 2.24) is 0 Å². The number of esters is 1. The van der Waals surface area contributed by atoms with Gasteiger partial charge >= 0.3 is 5.97 Å². The van der Waals surface area contributed by atoms with Crippen molar-refractivity contribution in [3.05, 3.63) is 29.8 Å². The molecule has 0 aromatic heterocycles. The van der Waals surface area contributed by atoms with E-state index in [9.17, 15) is 13.2 Å². The van der Waals surface area contributed by atoms with Crippen LogP contribution in [0.15, 0.2) is 24.3 Å². The molecule has 0 saturated heterocycles. The van der Waals surface area contributed by atoms with Crippen LogP contribution in [0.4, 0.5) is 0 Å². The molecule has 6 nitrogen and oxygen atoms in total. The minimum Gasteiger partial charge on any atom is -0.493 e. The highest BCUT2D eigenvalue weighted by Crippen LogP contribution is 2.13. The quantitative estimate of drug-likeness (QED) is 0.704. The first-order valence-corrected chi connectivity index (χ1v) is 8.45. The Morgan fingerprint density at radius 3 is 2.43 bits per heavy atom. The van der Waals surface area contributed by atoms with E-state index < -0.39 is 21.8 Å². The van der Waals surface area contributed by atoms with Crippen LogP contribution in [-0.4, -0.2) is 45.7 Å². The highest BCUT2D eigenvalue weighted by molar-refractivity contribution is 7.91. The average Bonchev–Trinajstić information content (AvgIpc) is 2.48. The minimum atomic E-state index is -3.02. The summed E-state index contributed by atoms with van der Waals surface area (Å²) in [5.74, 6) is 0.232. The predicted molar refractivity (Wildman–Crippen MR) is 80.0 cm³/mol. The molecule has 0 spiro atoms. The molecular formula is C14H21NO5S. The summed E-state index contributed by atoms with van der Waals surface area (Å²) < 4.78 is 32.6. The first-order valence-electron chi connectivity index (χ1n) is 6.63. The van der Waals surface area contributed by atoms with Crippen molar-refractivity contribution in [2.24, 2.45) is 5.73 Å². The molecule has 0 radical (unpaired) electrons. The second kappa shape index (κ2) is 7.99. The molecule has 1 rings (SSSR count). The fraction of sp³-hybridized carbons (Fsp3) is 0.500. The minimum absolute atomic E-state index is 0.00152. The van der Waals surface area contributed by atoms with Gasteiger partial charge in [0, 0.05) is 5.75 Å². The van der Waals surface area contributed by atoms with Crippen LogP contribution in [0.1, 0.15) is 12.5 Å². The van der Waals surface area contributed by atoms with Crippen molar-refractivity contribution < 1.29 is 22.7 Å². The molecule has 0 aliphatic rings. The Labute approximate surface area is 125 Å². The summed E-state index contributed by atoms with van der Waals surface area (Å²) in [4.78, 5) is 11.2. The molecule has 1 aromatic rings. The number of carbonyl (C=O) groups excluding carboxylic acids is 1. The number of methoxy groups -OCH3 is 1. The van der Waals surface area contributed by atoms with E-state index in [4.69, 9.17) is 10.5 Å². The normalized spacial score (nSPS) is 12.7. The van der Waals surface area contributed by atoms with Gasteiger partial charge in [-0.1, -0.05) is 19.1 Å². The summed E-state index contributed by atoms with van der Waals surface area (Å²) >= 11 is 0. The van der Waals surface area contributed by atoms with Gasteiger partial charge in [-0.2, -0.15) is 0 Å². The molecule has 1 unspecified atom stereocenters. The lowest BCUT2D eigenvalue weighted by atomic mass is 10.1.